The third kappa shape index (κ3) is 4.18. The predicted octanol–water partition coefficient (Wildman–Crippen LogP) is 2.73. The molecule has 0 aliphatic carbocycles. The van der Waals surface area contributed by atoms with Gasteiger partial charge in [-0.15, -0.1) is 0 Å². The third-order valence-electron chi connectivity index (χ3n) is 2.41. The van der Waals surface area contributed by atoms with E-state index in [9.17, 15) is 4.39 Å². The minimum atomic E-state index is -0.453. The Morgan fingerprint density at radius 1 is 1.47 bits per heavy atom. The van der Waals surface area contributed by atoms with Crippen molar-refractivity contribution in [3.05, 3.63) is 47.3 Å². The van der Waals surface area contributed by atoms with Gasteiger partial charge in [-0.2, -0.15) is 0 Å². The van der Waals surface area contributed by atoms with Crippen LogP contribution in [0.5, 0.6) is 0 Å². The number of aromatic nitrogens is 2. The number of thiocarbonyl (C=S) groups is 1. The van der Waals surface area contributed by atoms with Gasteiger partial charge < -0.3 is 15.6 Å². The first-order valence-corrected chi connectivity index (χ1v) is 6.41. The van der Waals surface area contributed by atoms with E-state index in [1.807, 2.05) is 0 Å². The fraction of sp³-hybridized carbons (Fsp3) is 0.167. The Kier molecular flexibility index (Phi) is 4.70. The van der Waals surface area contributed by atoms with E-state index in [1.165, 1.54) is 12.1 Å². The Bertz CT molecular complexity index is 559. The molecule has 1 heterocycles. The monoisotopic (exact) mass is 298 g/mol. The van der Waals surface area contributed by atoms with Crippen molar-refractivity contribution in [1.82, 2.24) is 15.3 Å². The van der Waals surface area contributed by atoms with Crippen LogP contribution in [0.3, 0.4) is 0 Å². The van der Waals surface area contributed by atoms with Crippen LogP contribution in [0.25, 0.3) is 0 Å². The van der Waals surface area contributed by atoms with Gasteiger partial charge in [0.25, 0.3) is 0 Å². The lowest BCUT2D eigenvalue weighted by molar-refractivity contribution is 0.628. The fourth-order valence-electron chi connectivity index (χ4n) is 1.48. The predicted molar refractivity (Wildman–Crippen MR) is 77.9 cm³/mol. The first-order valence-electron chi connectivity index (χ1n) is 5.62. The average molecular weight is 299 g/mol. The smallest absolute Gasteiger partial charge is 0.170 e. The third-order valence-corrected chi connectivity index (χ3v) is 2.95. The number of hydrogen-bond acceptors (Lipinski definition) is 2. The van der Waals surface area contributed by atoms with Crippen LogP contribution in [0.15, 0.2) is 30.7 Å². The standard InChI is InChI=1S/C12H12ClFN4S/c13-10-5-8(1-2-11(10)14)18-12(19)16-4-3-9-6-15-7-17-9/h1-2,5-7H,3-4H2,(H,15,17)(H2,16,18,19). The second-order valence-corrected chi connectivity index (χ2v) is 4.65. The second kappa shape index (κ2) is 6.49. The maximum atomic E-state index is 13.0. The summed E-state index contributed by atoms with van der Waals surface area (Å²) >= 11 is 10.8. The molecule has 0 aliphatic rings. The number of nitrogens with zero attached hydrogens (tertiary/aromatic N) is 1. The molecular weight excluding hydrogens is 287 g/mol. The van der Waals surface area contributed by atoms with Crippen molar-refractivity contribution >= 4 is 34.6 Å². The SMILES string of the molecule is Fc1ccc(NC(=S)NCCc2cnc[nH]2)cc1Cl. The van der Waals surface area contributed by atoms with E-state index < -0.39 is 5.82 Å². The van der Waals surface area contributed by atoms with Gasteiger partial charge in [-0.05, 0) is 30.4 Å². The van der Waals surface area contributed by atoms with Crippen molar-refractivity contribution < 1.29 is 4.39 Å². The molecule has 2 rings (SSSR count). The lowest BCUT2D eigenvalue weighted by Gasteiger charge is -2.10. The summed E-state index contributed by atoms with van der Waals surface area (Å²) in [6, 6.07) is 4.35. The van der Waals surface area contributed by atoms with E-state index in [0.717, 1.165) is 12.1 Å². The molecule has 2 aromatic rings. The number of imidazole rings is 1. The van der Waals surface area contributed by atoms with Gasteiger partial charge >= 0.3 is 0 Å². The molecule has 0 saturated heterocycles. The molecule has 19 heavy (non-hydrogen) atoms. The van der Waals surface area contributed by atoms with Crippen LogP contribution >= 0.6 is 23.8 Å². The van der Waals surface area contributed by atoms with Gasteiger partial charge in [0.05, 0.1) is 11.3 Å². The molecule has 0 saturated carbocycles. The number of aromatic amines is 1. The van der Waals surface area contributed by atoms with Crippen LogP contribution in [-0.2, 0) is 6.42 Å². The molecule has 7 heteroatoms. The Labute approximate surface area is 120 Å². The molecule has 3 N–H and O–H groups in total. The summed E-state index contributed by atoms with van der Waals surface area (Å²) in [5.41, 5.74) is 1.67. The van der Waals surface area contributed by atoms with Crippen molar-refractivity contribution in [2.75, 3.05) is 11.9 Å². The summed E-state index contributed by atoms with van der Waals surface area (Å²) in [6.45, 7) is 0.670. The second-order valence-electron chi connectivity index (χ2n) is 3.84. The molecule has 0 aliphatic heterocycles. The topological polar surface area (TPSA) is 52.7 Å². The first kappa shape index (κ1) is 13.8. The Balaban J connectivity index is 1.79. The molecule has 100 valence electrons. The molecule has 0 spiro atoms. The average Bonchev–Trinajstić information content (AvgIpc) is 2.87. The normalized spacial score (nSPS) is 10.2. The van der Waals surface area contributed by atoms with Crippen LogP contribution < -0.4 is 10.6 Å². The summed E-state index contributed by atoms with van der Waals surface area (Å²) < 4.78 is 13.0. The van der Waals surface area contributed by atoms with Gasteiger partial charge in [-0.1, -0.05) is 11.6 Å². The molecule has 1 aromatic heterocycles. The van der Waals surface area contributed by atoms with Crippen LogP contribution in [0.2, 0.25) is 5.02 Å². The van der Waals surface area contributed by atoms with E-state index in [2.05, 4.69) is 20.6 Å². The van der Waals surface area contributed by atoms with Gasteiger partial charge in [0.15, 0.2) is 5.11 Å². The Morgan fingerprint density at radius 2 is 2.32 bits per heavy atom. The molecule has 0 bridgehead atoms. The zero-order valence-electron chi connectivity index (χ0n) is 9.91. The molecular formula is C12H12ClFN4S. The van der Waals surface area contributed by atoms with Crippen LogP contribution in [0.1, 0.15) is 5.69 Å². The van der Waals surface area contributed by atoms with Crippen LogP contribution in [0, 0.1) is 5.82 Å². The highest BCUT2D eigenvalue weighted by molar-refractivity contribution is 7.80. The summed E-state index contributed by atoms with van der Waals surface area (Å²) in [7, 11) is 0. The van der Waals surface area contributed by atoms with Crippen LogP contribution in [0.4, 0.5) is 10.1 Å². The highest BCUT2D eigenvalue weighted by Gasteiger charge is 2.02. The van der Waals surface area contributed by atoms with Crippen molar-refractivity contribution in [2.45, 2.75) is 6.42 Å². The number of rotatable bonds is 4. The van der Waals surface area contributed by atoms with Crippen LogP contribution in [-0.4, -0.2) is 21.6 Å². The van der Waals surface area contributed by atoms with Crippen molar-refractivity contribution in [3.63, 3.8) is 0 Å². The molecule has 0 amide bonds. The lowest BCUT2D eigenvalue weighted by atomic mass is 10.3. The van der Waals surface area contributed by atoms with Crippen molar-refractivity contribution in [3.8, 4) is 0 Å². The zero-order valence-corrected chi connectivity index (χ0v) is 11.5. The van der Waals surface area contributed by atoms with Gasteiger partial charge in [0.2, 0.25) is 0 Å². The Hall–Kier alpha value is -1.66. The molecule has 1 aromatic carbocycles. The molecule has 0 radical (unpaired) electrons. The number of anilines is 1. The lowest BCUT2D eigenvalue weighted by Crippen LogP contribution is -2.30. The molecule has 0 fully saturated rings. The number of nitrogens with one attached hydrogen (secondary N) is 3. The number of hydrogen-bond donors (Lipinski definition) is 3. The summed E-state index contributed by atoms with van der Waals surface area (Å²) in [5, 5.41) is 6.49. The quantitative estimate of drug-likeness (QED) is 0.760. The first-order chi connectivity index (χ1) is 9.15. The highest BCUT2D eigenvalue weighted by Crippen LogP contribution is 2.19. The fourth-order valence-corrected chi connectivity index (χ4v) is 1.88. The van der Waals surface area contributed by atoms with Crippen molar-refractivity contribution in [1.29, 1.82) is 0 Å². The van der Waals surface area contributed by atoms with Gasteiger partial charge in [-0.25, -0.2) is 9.37 Å². The zero-order chi connectivity index (χ0) is 13.7. The van der Waals surface area contributed by atoms with E-state index in [0.29, 0.717) is 17.3 Å². The van der Waals surface area contributed by atoms with Gasteiger partial charge in [0, 0.05) is 30.5 Å². The number of H-pyrrole nitrogens is 1. The van der Waals surface area contributed by atoms with E-state index >= 15 is 0 Å². The maximum absolute atomic E-state index is 13.0. The minimum Gasteiger partial charge on any atom is -0.362 e. The molecule has 0 atom stereocenters. The summed E-state index contributed by atoms with van der Waals surface area (Å²) in [5.74, 6) is -0.453. The van der Waals surface area contributed by atoms with Gasteiger partial charge in [-0.3, -0.25) is 0 Å². The van der Waals surface area contributed by atoms with Gasteiger partial charge in [0.1, 0.15) is 5.82 Å². The molecule has 0 unspecified atom stereocenters. The van der Waals surface area contributed by atoms with Crippen molar-refractivity contribution in [2.24, 2.45) is 0 Å². The molecule has 4 nitrogen and oxygen atoms in total. The summed E-state index contributed by atoms with van der Waals surface area (Å²) in [4.78, 5) is 6.92. The Morgan fingerprint density at radius 3 is 3.00 bits per heavy atom. The summed E-state index contributed by atoms with van der Waals surface area (Å²) in [6.07, 6.45) is 4.18. The number of halogens is 2. The largest absolute Gasteiger partial charge is 0.362 e. The maximum Gasteiger partial charge on any atom is 0.170 e. The van der Waals surface area contributed by atoms with E-state index in [4.69, 9.17) is 23.8 Å². The number of benzene rings is 1. The minimum absolute atomic E-state index is 0.0604. The highest BCUT2D eigenvalue weighted by atomic mass is 35.5. The van der Waals surface area contributed by atoms with E-state index in [1.54, 1.807) is 18.6 Å². The van der Waals surface area contributed by atoms with E-state index in [-0.39, 0.29) is 5.02 Å².